The third-order valence-electron chi connectivity index (χ3n) is 3.55. The molecule has 1 unspecified atom stereocenters. The van der Waals surface area contributed by atoms with Gasteiger partial charge >= 0.3 is 0 Å². The molecule has 0 spiro atoms. The van der Waals surface area contributed by atoms with Crippen LogP contribution in [0.3, 0.4) is 0 Å². The van der Waals surface area contributed by atoms with Crippen LogP contribution >= 0.6 is 0 Å². The first-order chi connectivity index (χ1) is 9.18. The molecule has 1 heteroatoms. The van der Waals surface area contributed by atoms with Crippen molar-refractivity contribution >= 4 is 5.69 Å². The molecule has 0 aliphatic heterocycles. The van der Waals surface area contributed by atoms with Crippen molar-refractivity contribution in [1.82, 2.24) is 0 Å². The summed E-state index contributed by atoms with van der Waals surface area (Å²) in [4.78, 5) is 0. The average molecular weight is 253 g/mol. The van der Waals surface area contributed by atoms with Crippen molar-refractivity contribution in [2.75, 3.05) is 11.9 Å². The summed E-state index contributed by atoms with van der Waals surface area (Å²) in [5.74, 6) is 1.07. The first kappa shape index (κ1) is 13.7. The van der Waals surface area contributed by atoms with Crippen molar-refractivity contribution in [3.8, 4) is 0 Å². The molecule has 1 nitrogen and oxygen atoms in total. The molecule has 0 bridgehead atoms. The van der Waals surface area contributed by atoms with E-state index in [0.717, 1.165) is 6.54 Å². The lowest BCUT2D eigenvalue weighted by Crippen LogP contribution is -2.11. The molecule has 0 aliphatic carbocycles. The van der Waals surface area contributed by atoms with Gasteiger partial charge in [0.15, 0.2) is 0 Å². The van der Waals surface area contributed by atoms with Crippen LogP contribution < -0.4 is 5.32 Å². The number of nitrogens with one attached hydrogen (secondary N) is 1. The number of anilines is 1. The van der Waals surface area contributed by atoms with Crippen LogP contribution in [0, 0.1) is 0 Å². The van der Waals surface area contributed by atoms with Crippen LogP contribution in [-0.2, 0) is 0 Å². The third-order valence-corrected chi connectivity index (χ3v) is 3.55. The fourth-order valence-electron chi connectivity index (χ4n) is 2.32. The van der Waals surface area contributed by atoms with Gasteiger partial charge in [0.2, 0.25) is 0 Å². The van der Waals surface area contributed by atoms with Gasteiger partial charge in [-0.3, -0.25) is 0 Å². The highest BCUT2D eigenvalue weighted by atomic mass is 14.9. The Morgan fingerprint density at radius 2 is 1.47 bits per heavy atom. The molecule has 0 amide bonds. The summed E-state index contributed by atoms with van der Waals surface area (Å²) in [5, 5.41) is 3.59. The predicted octanol–water partition coefficient (Wildman–Crippen LogP) is 5.03. The molecule has 0 aliphatic rings. The van der Waals surface area contributed by atoms with E-state index in [9.17, 15) is 0 Å². The van der Waals surface area contributed by atoms with E-state index in [1.54, 1.807) is 0 Å². The smallest absolute Gasteiger partial charge is 0.0375 e. The molecule has 19 heavy (non-hydrogen) atoms. The van der Waals surface area contributed by atoms with Crippen LogP contribution in [0.25, 0.3) is 0 Å². The van der Waals surface area contributed by atoms with E-state index >= 15 is 0 Å². The zero-order valence-corrected chi connectivity index (χ0v) is 12.1. The van der Waals surface area contributed by atoms with Crippen LogP contribution in [-0.4, -0.2) is 6.54 Å². The van der Waals surface area contributed by atoms with Gasteiger partial charge in [-0.2, -0.15) is 0 Å². The second-order valence-corrected chi connectivity index (χ2v) is 5.43. The Morgan fingerprint density at radius 1 is 0.842 bits per heavy atom. The summed E-state index contributed by atoms with van der Waals surface area (Å²) < 4.78 is 0. The second-order valence-electron chi connectivity index (χ2n) is 5.43. The molecule has 0 saturated carbocycles. The van der Waals surface area contributed by atoms with Crippen LogP contribution in [0.2, 0.25) is 0 Å². The van der Waals surface area contributed by atoms with Crippen molar-refractivity contribution in [3.05, 3.63) is 65.7 Å². The largest absolute Gasteiger partial charge is 0.384 e. The maximum Gasteiger partial charge on any atom is 0.0375 e. The maximum absolute atomic E-state index is 3.59. The van der Waals surface area contributed by atoms with E-state index in [2.05, 4.69) is 80.7 Å². The van der Waals surface area contributed by atoms with Gasteiger partial charge in [0, 0.05) is 12.2 Å². The van der Waals surface area contributed by atoms with Gasteiger partial charge in [-0.15, -0.1) is 0 Å². The molecule has 0 aromatic heterocycles. The van der Waals surface area contributed by atoms with Crippen molar-refractivity contribution in [3.63, 3.8) is 0 Å². The highest BCUT2D eigenvalue weighted by Crippen LogP contribution is 2.24. The zero-order chi connectivity index (χ0) is 13.7. The Kier molecular flexibility index (Phi) is 4.62. The lowest BCUT2D eigenvalue weighted by atomic mass is 9.99. The van der Waals surface area contributed by atoms with Gasteiger partial charge in [-0.1, -0.05) is 69.3 Å². The van der Waals surface area contributed by atoms with Gasteiger partial charge < -0.3 is 5.32 Å². The second kappa shape index (κ2) is 6.42. The van der Waals surface area contributed by atoms with E-state index in [1.807, 2.05) is 0 Å². The first-order valence-corrected chi connectivity index (χ1v) is 7.06. The molecule has 0 heterocycles. The molecular weight excluding hydrogens is 230 g/mol. The maximum atomic E-state index is 3.59. The number of para-hydroxylation sites is 1. The molecule has 2 rings (SSSR count). The predicted molar refractivity (Wildman–Crippen MR) is 83.9 cm³/mol. The van der Waals surface area contributed by atoms with E-state index in [4.69, 9.17) is 0 Å². The molecule has 2 aromatic carbocycles. The highest BCUT2D eigenvalue weighted by molar-refractivity contribution is 5.52. The topological polar surface area (TPSA) is 12.0 Å². The minimum absolute atomic E-state index is 0.515. The lowest BCUT2D eigenvalue weighted by Gasteiger charge is -2.18. The number of hydrogen-bond donors (Lipinski definition) is 1. The minimum atomic E-state index is 0.515. The molecular formula is C18H23N. The Labute approximate surface area is 116 Å². The summed E-state index contributed by atoms with van der Waals surface area (Å²) in [5.41, 5.74) is 4.04. The standard InChI is InChI=1S/C18H23N/c1-14(2)17-11-7-8-12-18(17)19-13-15(3)16-9-5-4-6-10-16/h4-12,14-15,19H,13H2,1-3H3. The first-order valence-electron chi connectivity index (χ1n) is 7.06. The van der Waals surface area contributed by atoms with Crippen LogP contribution in [0.1, 0.15) is 43.7 Å². The fraction of sp³-hybridized carbons (Fsp3) is 0.333. The molecule has 0 radical (unpaired) electrons. The van der Waals surface area contributed by atoms with Crippen molar-refractivity contribution < 1.29 is 0 Å². The monoisotopic (exact) mass is 253 g/mol. The van der Waals surface area contributed by atoms with Crippen molar-refractivity contribution in [2.24, 2.45) is 0 Å². The van der Waals surface area contributed by atoms with E-state index in [0.29, 0.717) is 11.8 Å². The van der Waals surface area contributed by atoms with Gasteiger partial charge in [0.1, 0.15) is 0 Å². The molecule has 2 aromatic rings. The van der Waals surface area contributed by atoms with Crippen LogP contribution in [0.4, 0.5) is 5.69 Å². The van der Waals surface area contributed by atoms with Gasteiger partial charge in [0.05, 0.1) is 0 Å². The van der Waals surface area contributed by atoms with Crippen LogP contribution in [0.15, 0.2) is 54.6 Å². The summed E-state index contributed by atoms with van der Waals surface area (Å²) in [6.45, 7) is 7.70. The Morgan fingerprint density at radius 3 is 2.16 bits per heavy atom. The molecule has 0 fully saturated rings. The summed E-state index contributed by atoms with van der Waals surface area (Å²) in [6, 6.07) is 19.3. The zero-order valence-electron chi connectivity index (χ0n) is 12.1. The molecule has 0 saturated heterocycles. The summed E-state index contributed by atoms with van der Waals surface area (Å²) in [6.07, 6.45) is 0. The number of hydrogen-bond acceptors (Lipinski definition) is 1. The van der Waals surface area contributed by atoms with Gasteiger partial charge in [0.25, 0.3) is 0 Å². The van der Waals surface area contributed by atoms with Gasteiger partial charge in [-0.25, -0.2) is 0 Å². The minimum Gasteiger partial charge on any atom is -0.384 e. The Bertz CT molecular complexity index is 502. The van der Waals surface area contributed by atoms with Crippen molar-refractivity contribution in [2.45, 2.75) is 32.6 Å². The summed E-state index contributed by atoms with van der Waals surface area (Å²) >= 11 is 0. The van der Waals surface area contributed by atoms with Crippen molar-refractivity contribution in [1.29, 1.82) is 0 Å². The lowest BCUT2D eigenvalue weighted by molar-refractivity contribution is 0.798. The van der Waals surface area contributed by atoms with E-state index in [1.165, 1.54) is 16.8 Å². The van der Waals surface area contributed by atoms with E-state index in [-0.39, 0.29) is 0 Å². The SMILES string of the molecule is CC(C)c1ccccc1NCC(C)c1ccccc1. The van der Waals surface area contributed by atoms with E-state index < -0.39 is 0 Å². The normalized spacial score (nSPS) is 12.4. The number of rotatable bonds is 5. The third kappa shape index (κ3) is 3.60. The average Bonchev–Trinajstić information content (AvgIpc) is 2.46. The van der Waals surface area contributed by atoms with Crippen LogP contribution in [0.5, 0.6) is 0 Å². The summed E-state index contributed by atoms with van der Waals surface area (Å²) in [7, 11) is 0. The highest BCUT2D eigenvalue weighted by Gasteiger charge is 2.08. The fourth-order valence-corrected chi connectivity index (χ4v) is 2.32. The Hall–Kier alpha value is -1.76. The number of benzene rings is 2. The van der Waals surface area contributed by atoms with Gasteiger partial charge in [-0.05, 0) is 29.0 Å². The molecule has 1 atom stereocenters. The molecule has 100 valence electrons. The molecule has 1 N–H and O–H groups in total. The Balaban J connectivity index is 2.03. The quantitative estimate of drug-likeness (QED) is 0.788.